The monoisotopic (exact) mass is 278 g/mol. The van der Waals surface area contributed by atoms with E-state index in [0.29, 0.717) is 5.46 Å². The van der Waals surface area contributed by atoms with E-state index in [2.05, 4.69) is 0 Å². The highest BCUT2D eigenvalue weighted by molar-refractivity contribution is 6.60. The third-order valence-electron chi connectivity index (χ3n) is 4.10. The van der Waals surface area contributed by atoms with Gasteiger partial charge in [-0.15, -0.1) is 0 Å². The number of aryl methyl sites for hydroxylation is 1. The predicted octanol–water partition coefficient (Wildman–Crippen LogP) is 1.27. The Morgan fingerprint density at radius 1 is 1.25 bits per heavy atom. The molecule has 5 heteroatoms. The SMILES string of the molecule is CC(C)(O)C(C)(C)OB(O)c1ccc2c(c1)CCCO2. The fourth-order valence-electron chi connectivity index (χ4n) is 2.03. The van der Waals surface area contributed by atoms with Crippen molar-refractivity contribution in [3.8, 4) is 5.75 Å². The highest BCUT2D eigenvalue weighted by Crippen LogP contribution is 2.26. The van der Waals surface area contributed by atoms with Crippen LogP contribution in [-0.2, 0) is 11.1 Å². The first-order valence-electron chi connectivity index (χ1n) is 7.04. The number of hydrogen-bond acceptors (Lipinski definition) is 4. The lowest BCUT2D eigenvalue weighted by molar-refractivity contribution is -0.0982. The molecule has 0 aromatic heterocycles. The van der Waals surface area contributed by atoms with Gasteiger partial charge in [0.2, 0.25) is 0 Å². The van der Waals surface area contributed by atoms with Crippen LogP contribution in [0.25, 0.3) is 0 Å². The number of hydrogen-bond donors (Lipinski definition) is 2. The van der Waals surface area contributed by atoms with Crippen LogP contribution < -0.4 is 10.2 Å². The molecule has 110 valence electrons. The lowest BCUT2D eigenvalue weighted by Crippen LogP contribution is -2.53. The fourth-order valence-corrected chi connectivity index (χ4v) is 2.03. The minimum Gasteiger partial charge on any atom is -0.493 e. The van der Waals surface area contributed by atoms with Gasteiger partial charge in [0.05, 0.1) is 17.8 Å². The van der Waals surface area contributed by atoms with Crippen LogP contribution in [0.1, 0.15) is 39.7 Å². The van der Waals surface area contributed by atoms with E-state index in [1.54, 1.807) is 33.8 Å². The fraction of sp³-hybridized carbons (Fsp3) is 0.600. The van der Waals surface area contributed by atoms with Gasteiger partial charge in [-0.1, -0.05) is 12.1 Å². The largest absolute Gasteiger partial charge is 0.493 e. The molecule has 1 aliphatic rings. The molecule has 0 bridgehead atoms. The summed E-state index contributed by atoms with van der Waals surface area (Å²) in [6.45, 7) is 7.60. The first-order valence-corrected chi connectivity index (χ1v) is 7.04. The standard InChI is InChI=1S/C15H23BO4/c1-14(2,17)15(3,4)20-16(18)12-7-8-13-11(10-12)6-5-9-19-13/h7-8,10,17-18H,5-6,9H2,1-4H3. The third-order valence-corrected chi connectivity index (χ3v) is 4.10. The van der Waals surface area contributed by atoms with Crippen LogP contribution in [0.2, 0.25) is 0 Å². The van der Waals surface area contributed by atoms with Crippen LogP contribution >= 0.6 is 0 Å². The number of benzene rings is 1. The highest BCUT2D eigenvalue weighted by atomic mass is 16.5. The molecule has 0 saturated carbocycles. The Kier molecular flexibility index (Phi) is 4.14. The first-order chi connectivity index (χ1) is 9.21. The summed E-state index contributed by atoms with van der Waals surface area (Å²) >= 11 is 0. The second kappa shape index (κ2) is 5.39. The van der Waals surface area contributed by atoms with Crippen LogP contribution in [0.5, 0.6) is 5.75 Å². The van der Waals surface area contributed by atoms with Crippen LogP contribution in [-0.4, -0.2) is 35.1 Å². The summed E-state index contributed by atoms with van der Waals surface area (Å²) in [6.07, 6.45) is 1.94. The van der Waals surface area contributed by atoms with Gasteiger partial charge in [-0.3, -0.25) is 0 Å². The van der Waals surface area contributed by atoms with E-state index >= 15 is 0 Å². The Morgan fingerprint density at radius 3 is 2.60 bits per heavy atom. The smallest absolute Gasteiger partial charge is 0.491 e. The summed E-state index contributed by atoms with van der Waals surface area (Å²) in [5.74, 6) is 0.883. The van der Waals surface area contributed by atoms with Crippen LogP contribution in [0.3, 0.4) is 0 Å². The summed E-state index contributed by atoms with van der Waals surface area (Å²) in [6, 6.07) is 5.59. The predicted molar refractivity (Wildman–Crippen MR) is 79.3 cm³/mol. The third kappa shape index (κ3) is 3.16. The van der Waals surface area contributed by atoms with Crippen molar-refractivity contribution in [3.05, 3.63) is 23.8 Å². The quantitative estimate of drug-likeness (QED) is 0.814. The Balaban J connectivity index is 2.15. The van der Waals surface area contributed by atoms with Gasteiger partial charge in [0.15, 0.2) is 0 Å². The van der Waals surface area contributed by atoms with Crippen LogP contribution in [0.15, 0.2) is 18.2 Å². The molecular weight excluding hydrogens is 255 g/mol. The average molecular weight is 278 g/mol. The van der Waals surface area contributed by atoms with Crippen LogP contribution in [0.4, 0.5) is 0 Å². The zero-order valence-electron chi connectivity index (χ0n) is 12.6. The van der Waals surface area contributed by atoms with Gasteiger partial charge in [-0.25, -0.2) is 0 Å². The van der Waals surface area contributed by atoms with E-state index < -0.39 is 18.3 Å². The van der Waals surface area contributed by atoms with Crippen molar-refractivity contribution in [1.29, 1.82) is 0 Å². The lowest BCUT2D eigenvalue weighted by Gasteiger charge is -2.38. The van der Waals surface area contributed by atoms with E-state index in [-0.39, 0.29) is 0 Å². The molecule has 0 radical (unpaired) electrons. The molecule has 0 amide bonds. The molecule has 1 aromatic carbocycles. The Morgan fingerprint density at radius 2 is 1.95 bits per heavy atom. The van der Waals surface area contributed by atoms with Gasteiger partial charge in [0.1, 0.15) is 5.75 Å². The van der Waals surface area contributed by atoms with E-state index in [0.717, 1.165) is 30.8 Å². The maximum absolute atomic E-state index is 10.2. The molecule has 0 spiro atoms. The molecule has 2 N–H and O–H groups in total. The molecule has 20 heavy (non-hydrogen) atoms. The number of rotatable bonds is 4. The molecule has 0 saturated heterocycles. The van der Waals surface area contributed by atoms with Crippen molar-refractivity contribution in [3.63, 3.8) is 0 Å². The molecule has 0 unspecified atom stereocenters. The molecule has 2 rings (SSSR count). The molecular formula is C15H23BO4. The van der Waals surface area contributed by atoms with Gasteiger partial charge >= 0.3 is 7.12 Å². The molecule has 0 fully saturated rings. The van der Waals surface area contributed by atoms with Gasteiger partial charge in [-0.05, 0) is 57.6 Å². The van der Waals surface area contributed by atoms with Crippen LogP contribution in [0, 0.1) is 0 Å². The van der Waals surface area contributed by atoms with Crippen molar-refractivity contribution in [2.24, 2.45) is 0 Å². The summed E-state index contributed by atoms with van der Waals surface area (Å²) in [5.41, 5.74) is -0.131. The topological polar surface area (TPSA) is 58.9 Å². The summed E-state index contributed by atoms with van der Waals surface area (Å²) < 4.78 is 11.2. The minimum absolute atomic E-state index is 0.687. The van der Waals surface area contributed by atoms with E-state index in [1.165, 1.54) is 0 Å². The Bertz CT molecular complexity index is 479. The molecule has 0 atom stereocenters. The number of fused-ring (bicyclic) bond motifs is 1. The zero-order valence-corrected chi connectivity index (χ0v) is 12.6. The maximum atomic E-state index is 10.2. The van der Waals surface area contributed by atoms with Crippen molar-refractivity contribution in [2.75, 3.05) is 6.61 Å². The van der Waals surface area contributed by atoms with E-state index in [1.807, 2.05) is 12.1 Å². The molecule has 1 aliphatic heterocycles. The maximum Gasteiger partial charge on any atom is 0.491 e. The number of aliphatic hydroxyl groups is 1. The zero-order chi connectivity index (χ0) is 15.0. The van der Waals surface area contributed by atoms with Crippen molar-refractivity contribution >= 4 is 12.6 Å². The average Bonchev–Trinajstić information content (AvgIpc) is 2.36. The van der Waals surface area contributed by atoms with Gasteiger partial charge < -0.3 is 19.5 Å². The Hall–Kier alpha value is -1.04. The van der Waals surface area contributed by atoms with Crippen molar-refractivity contribution < 1.29 is 19.5 Å². The molecule has 4 nitrogen and oxygen atoms in total. The summed E-state index contributed by atoms with van der Waals surface area (Å²) in [4.78, 5) is 0. The second-order valence-corrected chi connectivity index (χ2v) is 6.36. The summed E-state index contributed by atoms with van der Waals surface area (Å²) in [7, 11) is -1.07. The van der Waals surface area contributed by atoms with Crippen molar-refractivity contribution in [1.82, 2.24) is 0 Å². The molecule has 0 aliphatic carbocycles. The number of ether oxygens (including phenoxy) is 1. The van der Waals surface area contributed by atoms with Crippen molar-refractivity contribution in [2.45, 2.75) is 51.7 Å². The van der Waals surface area contributed by atoms with Gasteiger partial charge in [0, 0.05) is 0 Å². The molecule has 1 aromatic rings. The van der Waals surface area contributed by atoms with Gasteiger partial charge in [0.25, 0.3) is 0 Å². The summed E-state index contributed by atoms with van der Waals surface area (Å²) in [5, 5.41) is 20.3. The lowest BCUT2D eigenvalue weighted by atomic mass is 9.75. The van der Waals surface area contributed by atoms with Gasteiger partial charge in [-0.2, -0.15) is 0 Å². The van der Waals surface area contributed by atoms with E-state index in [9.17, 15) is 10.1 Å². The second-order valence-electron chi connectivity index (χ2n) is 6.36. The van der Waals surface area contributed by atoms with E-state index in [4.69, 9.17) is 9.39 Å². The minimum atomic E-state index is -1.07. The molecule has 1 heterocycles. The highest BCUT2D eigenvalue weighted by Gasteiger charge is 2.39. The Labute approximate surface area is 120 Å². The first kappa shape index (κ1) is 15.4. The normalized spacial score (nSPS) is 15.5.